The number of fused-ring (bicyclic) bond motifs is 1. The van der Waals surface area contributed by atoms with Gasteiger partial charge in [-0.1, -0.05) is 31.2 Å². The molecule has 1 saturated heterocycles. The van der Waals surface area contributed by atoms with Crippen LogP contribution in [0.3, 0.4) is 0 Å². The van der Waals surface area contributed by atoms with Crippen molar-refractivity contribution in [1.82, 2.24) is 4.98 Å². The predicted molar refractivity (Wildman–Crippen MR) is 66.4 cm³/mol. The third-order valence-electron chi connectivity index (χ3n) is 3.11. The van der Waals surface area contributed by atoms with Crippen LogP contribution in [0.15, 0.2) is 36.7 Å². The van der Waals surface area contributed by atoms with Gasteiger partial charge < -0.3 is 0 Å². The van der Waals surface area contributed by atoms with E-state index in [4.69, 9.17) is 0 Å². The second-order valence-corrected chi connectivity index (χ2v) is 5.38. The van der Waals surface area contributed by atoms with Crippen LogP contribution in [0.25, 0.3) is 10.8 Å². The Hall–Kier alpha value is -1.02. The Morgan fingerprint density at radius 2 is 2.13 bits per heavy atom. The summed E-state index contributed by atoms with van der Waals surface area (Å²) in [6.45, 7) is 2.31. The molecule has 0 aliphatic carbocycles. The van der Waals surface area contributed by atoms with Gasteiger partial charge in [-0.15, -0.1) is 0 Å². The first kappa shape index (κ1) is 9.22. The van der Waals surface area contributed by atoms with Gasteiger partial charge in [0.05, 0.1) is 0 Å². The van der Waals surface area contributed by atoms with Crippen molar-refractivity contribution in [3.05, 3.63) is 42.2 Å². The first-order valence-corrected chi connectivity index (χ1v) is 6.35. The lowest BCUT2D eigenvalue weighted by molar-refractivity contribution is 0.802. The smallest absolute Gasteiger partial charge is 0.0346 e. The minimum Gasteiger partial charge on any atom is -0.264 e. The molecule has 2 unspecified atom stereocenters. The maximum atomic E-state index is 4.33. The Kier molecular flexibility index (Phi) is 2.17. The Bertz CT molecular complexity index is 485. The SMILES string of the molecule is CC(c1cncc2ccccc12)C1CS1. The molecule has 0 saturated carbocycles. The molecule has 1 aromatic carbocycles. The molecule has 1 aliphatic heterocycles. The lowest BCUT2D eigenvalue weighted by Crippen LogP contribution is -2.01. The van der Waals surface area contributed by atoms with Gasteiger partial charge in [0.1, 0.15) is 0 Å². The molecule has 1 nitrogen and oxygen atoms in total. The van der Waals surface area contributed by atoms with Crippen molar-refractivity contribution in [2.45, 2.75) is 18.1 Å². The maximum Gasteiger partial charge on any atom is 0.0346 e. The van der Waals surface area contributed by atoms with Gasteiger partial charge in [-0.2, -0.15) is 11.8 Å². The van der Waals surface area contributed by atoms with Gasteiger partial charge >= 0.3 is 0 Å². The molecule has 0 radical (unpaired) electrons. The summed E-state index contributed by atoms with van der Waals surface area (Å²) in [5.41, 5.74) is 1.41. The number of pyridine rings is 1. The number of aromatic nitrogens is 1. The zero-order valence-corrected chi connectivity index (χ0v) is 9.50. The molecule has 76 valence electrons. The highest BCUT2D eigenvalue weighted by Gasteiger charge is 2.30. The predicted octanol–water partition coefficient (Wildman–Crippen LogP) is 3.45. The molecule has 3 rings (SSSR count). The van der Waals surface area contributed by atoms with Gasteiger partial charge in [0.2, 0.25) is 0 Å². The van der Waals surface area contributed by atoms with Crippen molar-refractivity contribution >= 4 is 22.5 Å². The van der Waals surface area contributed by atoms with E-state index in [1.54, 1.807) is 0 Å². The fraction of sp³-hybridized carbons (Fsp3) is 0.308. The van der Waals surface area contributed by atoms with E-state index in [0.717, 1.165) is 5.25 Å². The summed E-state index contributed by atoms with van der Waals surface area (Å²) in [6.07, 6.45) is 3.98. The highest BCUT2D eigenvalue weighted by atomic mass is 32.2. The van der Waals surface area contributed by atoms with Crippen LogP contribution in [0.4, 0.5) is 0 Å². The summed E-state index contributed by atoms with van der Waals surface area (Å²) < 4.78 is 0. The normalized spacial score (nSPS) is 21.5. The number of rotatable bonds is 2. The van der Waals surface area contributed by atoms with Crippen molar-refractivity contribution in [2.24, 2.45) is 0 Å². The molecule has 2 aromatic rings. The molecule has 1 aliphatic rings. The molecule has 1 aromatic heterocycles. The molecule has 2 heteroatoms. The Morgan fingerprint density at radius 1 is 1.33 bits per heavy atom. The van der Waals surface area contributed by atoms with Crippen LogP contribution in [0.5, 0.6) is 0 Å². The van der Waals surface area contributed by atoms with Gasteiger partial charge in [-0.3, -0.25) is 4.98 Å². The number of hydrogen-bond acceptors (Lipinski definition) is 2. The van der Waals surface area contributed by atoms with E-state index in [1.165, 1.54) is 22.1 Å². The van der Waals surface area contributed by atoms with E-state index in [0.29, 0.717) is 5.92 Å². The van der Waals surface area contributed by atoms with Gasteiger partial charge in [0, 0.05) is 28.8 Å². The number of nitrogens with zero attached hydrogens (tertiary/aromatic N) is 1. The summed E-state index contributed by atoms with van der Waals surface area (Å²) in [6, 6.07) is 8.53. The zero-order valence-electron chi connectivity index (χ0n) is 8.68. The third kappa shape index (κ3) is 1.63. The highest BCUT2D eigenvalue weighted by molar-refractivity contribution is 8.06. The van der Waals surface area contributed by atoms with E-state index in [2.05, 4.69) is 47.9 Å². The van der Waals surface area contributed by atoms with Crippen LogP contribution in [0.1, 0.15) is 18.4 Å². The van der Waals surface area contributed by atoms with Crippen LogP contribution in [0, 0.1) is 0 Å². The largest absolute Gasteiger partial charge is 0.264 e. The van der Waals surface area contributed by atoms with Crippen LogP contribution in [-0.2, 0) is 0 Å². The second-order valence-electron chi connectivity index (χ2n) is 4.11. The fourth-order valence-electron chi connectivity index (χ4n) is 2.05. The van der Waals surface area contributed by atoms with Gasteiger partial charge in [0.25, 0.3) is 0 Å². The minimum atomic E-state index is 0.633. The van der Waals surface area contributed by atoms with Crippen LogP contribution < -0.4 is 0 Å². The standard InChI is InChI=1S/C13H13NS/c1-9(13-8-15-13)12-7-14-6-10-4-2-3-5-11(10)12/h2-7,9,13H,8H2,1H3. The van der Waals surface area contributed by atoms with Crippen LogP contribution in [-0.4, -0.2) is 16.0 Å². The summed E-state index contributed by atoms with van der Waals surface area (Å²) >= 11 is 2.05. The van der Waals surface area contributed by atoms with Gasteiger partial charge in [-0.05, 0) is 16.9 Å². The van der Waals surface area contributed by atoms with Gasteiger partial charge in [0.15, 0.2) is 0 Å². The minimum absolute atomic E-state index is 0.633. The average molecular weight is 215 g/mol. The van der Waals surface area contributed by atoms with Crippen molar-refractivity contribution in [3.8, 4) is 0 Å². The van der Waals surface area contributed by atoms with Gasteiger partial charge in [-0.25, -0.2) is 0 Å². The molecule has 0 spiro atoms. The van der Waals surface area contributed by atoms with E-state index in [-0.39, 0.29) is 0 Å². The first-order chi connectivity index (χ1) is 7.36. The quantitative estimate of drug-likeness (QED) is 0.712. The van der Waals surface area contributed by atoms with Crippen molar-refractivity contribution in [3.63, 3.8) is 0 Å². The number of benzene rings is 1. The summed E-state index contributed by atoms with van der Waals surface area (Å²) in [5.74, 6) is 1.94. The van der Waals surface area contributed by atoms with E-state index in [9.17, 15) is 0 Å². The molecule has 0 bridgehead atoms. The Balaban J connectivity index is 2.16. The molecule has 0 amide bonds. The van der Waals surface area contributed by atoms with Crippen molar-refractivity contribution < 1.29 is 0 Å². The fourth-order valence-corrected chi connectivity index (χ4v) is 2.88. The molecular formula is C13H13NS. The summed E-state index contributed by atoms with van der Waals surface area (Å²) in [5, 5.41) is 3.44. The summed E-state index contributed by atoms with van der Waals surface area (Å²) in [4.78, 5) is 4.33. The van der Waals surface area contributed by atoms with Crippen LogP contribution in [0.2, 0.25) is 0 Å². The average Bonchev–Trinajstić information content (AvgIpc) is 3.11. The lowest BCUT2D eigenvalue weighted by Gasteiger charge is -2.11. The second kappa shape index (κ2) is 3.53. The maximum absolute atomic E-state index is 4.33. The molecule has 1 fully saturated rings. The first-order valence-electron chi connectivity index (χ1n) is 5.30. The van der Waals surface area contributed by atoms with E-state index in [1.807, 2.05) is 12.4 Å². The molecule has 2 heterocycles. The molecule has 2 atom stereocenters. The van der Waals surface area contributed by atoms with Crippen molar-refractivity contribution in [2.75, 3.05) is 5.75 Å². The highest BCUT2D eigenvalue weighted by Crippen LogP contribution is 2.43. The molecular weight excluding hydrogens is 202 g/mol. The number of thioether (sulfide) groups is 1. The zero-order chi connectivity index (χ0) is 10.3. The van der Waals surface area contributed by atoms with E-state index >= 15 is 0 Å². The monoisotopic (exact) mass is 215 g/mol. The summed E-state index contributed by atoms with van der Waals surface area (Å²) in [7, 11) is 0. The molecule has 15 heavy (non-hydrogen) atoms. The third-order valence-corrected chi connectivity index (χ3v) is 4.23. The Labute approximate surface area is 93.9 Å². The number of hydrogen-bond donors (Lipinski definition) is 0. The lowest BCUT2D eigenvalue weighted by atomic mass is 9.95. The Morgan fingerprint density at radius 3 is 2.93 bits per heavy atom. The van der Waals surface area contributed by atoms with Crippen LogP contribution >= 0.6 is 11.8 Å². The molecule has 0 N–H and O–H groups in total. The van der Waals surface area contributed by atoms with E-state index < -0.39 is 0 Å². The topological polar surface area (TPSA) is 12.9 Å². The van der Waals surface area contributed by atoms with Crippen molar-refractivity contribution in [1.29, 1.82) is 0 Å².